The van der Waals surface area contributed by atoms with Crippen molar-refractivity contribution >= 4 is 5.91 Å². The summed E-state index contributed by atoms with van der Waals surface area (Å²) in [5.74, 6) is 1.35. The molecule has 2 aliphatic rings. The van der Waals surface area contributed by atoms with Crippen molar-refractivity contribution < 1.29 is 14.3 Å². The Bertz CT molecular complexity index is 632. The molecule has 1 aromatic rings. The molecule has 3 rings (SSSR count). The molecule has 26 heavy (non-hydrogen) atoms. The summed E-state index contributed by atoms with van der Waals surface area (Å²) in [5.41, 5.74) is 2.35. The number of hydrogen-bond donors (Lipinski definition) is 1. The quantitative estimate of drug-likeness (QED) is 0.875. The van der Waals surface area contributed by atoms with Gasteiger partial charge in [0.1, 0.15) is 5.75 Å². The van der Waals surface area contributed by atoms with E-state index >= 15 is 0 Å². The average molecular weight is 360 g/mol. The minimum Gasteiger partial charge on any atom is -0.496 e. The lowest BCUT2D eigenvalue weighted by atomic mass is 9.76. The van der Waals surface area contributed by atoms with Crippen molar-refractivity contribution in [3.63, 3.8) is 0 Å². The van der Waals surface area contributed by atoms with Crippen molar-refractivity contribution in [3.05, 3.63) is 29.3 Å². The lowest BCUT2D eigenvalue weighted by Gasteiger charge is -2.45. The standard InChI is InChI=1S/C21H32N2O3/c1-14(24)22-18-12-21(26-20-8-6-5-7-16(18)20)17-11-15(13-23(2)3)9-10-19(17)25-4/h9-11,16,18,20-21H,5-8,12-13H2,1-4H3,(H,22,24)/t16-,18+,20+,21+/m0/s1. The Morgan fingerprint density at radius 2 is 2.08 bits per heavy atom. The van der Waals surface area contributed by atoms with Crippen molar-refractivity contribution in [2.75, 3.05) is 21.2 Å². The maximum Gasteiger partial charge on any atom is 0.217 e. The largest absolute Gasteiger partial charge is 0.496 e. The van der Waals surface area contributed by atoms with Crippen LogP contribution >= 0.6 is 0 Å². The maximum absolute atomic E-state index is 11.7. The van der Waals surface area contributed by atoms with E-state index in [0.717, 1.165) is 37.1 Å². The Hall–Kier alpha value is -1.59. The summed E-state index contributed by atoms with van der Waals surface area (Å²) in [6, 6.07) is 6.54. The van der Waals surface area contributed by atoms with E-state index in [1.807, 2.05) is 6.07 Å². The topological polar surface area (TPSA) is 50.8 Å². The van der Waals surface area contributed by atoms with Crippen molar-refractivity contribution in [1.82, 2.24) is 10.2 Å². The first kappa shape index (κ1) is 19.2. The highest BCUT2D eigenvalue weighted by atomic mass is 16.5. The van der Waals surface area contributed by atoms with Crippen molar-refractivity contribution in [2.24, 2.45) is 5.92 Å². The van der Waals surface area contributed by atoms with E-state index in [1.165, 1.54) is 18.4 Å². The number of ether oxygens (including phenoxy) is 2. The summed E-state index contributed by atoms with van der Waals surface area (Å²) in [5, 5.41) is 3.20. The summed E-state index contributed by atoms with van der Waals surface area (Å²) in [6.45, 7) is 2.49. The molecule has 0 aromatic heterocycles. The monoisotopic (exact) mass is 360 g/mol. The van der Waals surface area contributed by atoms with Gasteiger partial charge in [0.2, 0.25) is 5.91 Å². The van der Waals surface area contributed by atoms with Crippen LogP contribution in [0.3, 0.4) is 0 Å². The lowest BCUT2D eigenvalue weighted by molar-refractivity contribution is -0.131. The minimum absolute atomic E-state index is 0.0386. The molecule has 5 nitrogen and oxygen atoms in total. The van der Waals surface area contributed by atoms with Gasteiger partial charge in [0, 0.05) is 31.0 Å². The van der Waals surface area contributed by atoms with E-state index in [2.05, 4.69) is 36.4 Å². The van der Waals surface area contributed by atoms with Gasteiger partial charge < -0.3 is 19.7 Å². The number of hydrogen-bond acceptors (Lipinski definition) is 4. The van der Waals surface area contributed by atoms with Crippen LogP contribution in [0, 0.1) is 5.92 Å². The zero-order valence-electron chi connectivity index (χ0n) is 16.5. The van der Waals surface area contributed by atoms with Crippen molar-refractivity contribution in [2.45, 2.75) is 63.8 Å². The normalized spacial score (nSPS) is 28.5. The van der Waals surface area contributed by atoms with E-state index in [1.54, 1.807) is 14.0 Å². The van der Waals surface area contributed by atoms with E-state index in [9.17, 15) is 4.79 Å². The summed E-state index contributed by atoms with van der Waals surface area (Å²) in [7, 11) is 5.85. The number of benzene rings is 1. The number of fused-ring (bicyclic) bond motifs is 1. The first-order valence-electron chi connectivity index (χ1n) is 9.72. The number of amides is 1. The second-order valence-electron chi connectivity index (χ2n) is 7.97. The lowest BCUT2D eigenvalue weighted by Crippen LogP contribution is -2.50. The SMILES string of the molecule is COc1ccc(CN(C)C)cc1[C@H]1C[C@@H](NC(C)=O)[C@@H]2CCCC[C@H]2O1. The zero-order valence-corrected chi connectivity index (χ0v) is 16.5. The fourth-order valence-electron chi connectivity index (χ4n) is 4.55. The summed E-state index contributed by atoms with van der Waals surface area (Å²) >= 11 is 0. The molecule has 1 saturated heterocycles. The van der Waals surface area contributed by atoms with Gasteiger partial charge in [0.15, 0.2) is 0 Å². The molecule has 0 unspecified atom stereocenters. The molecule has 2 fully saturated rings. The zero-order chi connectivity index (χ0) is 18.7. The summed E-state index contributed by atoms with van der Waals surface area (Å²) in [4.78, 5) is 13.9. The van der Waals surface area contributed by atoms with E-state index in [0.29, 0.717) is 5.92 Å². The molecule has 1 aromatic carbocycles. The molecule has 1 amide bonds. The van der Waals surface area contributed by atoms with Crippen LogP contribution in [0.1, 0.15) is 56.3 Å². The molecule has 5 heteroatoms. The van der Waals surface area contributed by atoms with Gasteiger partial charge in [-0.3, -0.25) is 4.79 Å². The smallest absolute Gasteiger partial charge is 0.217 e. The van der Waals surface area contributed by atoms with Crippen molar-refractivity contribution in [3.8, 4) is 5.75 Å². The van der Waals surface area contributed by atoms with Gasteiger partial charge in [-0.1, -0.05) is 18.9 Å². The average Bonchev–Trinajstić information content (AvgIpc) is 2.60. The number of methoxy groups -OCH3 is 1. The van der Waals surface area contributed by atoms with Gasteiger partial charge in [-0.25, -0.2) is 0 Å². The predicted octanol–water partition coefficient (Wildman–Crippen LogP) is 3.28. The number of carbonyl (C=O) groups is 1. The third kappa shape index (κ3) is 4.38. The van der Waals surface area contributed by atoms with Crippen molar-refractivity contribution in [1.29, 1.82) is 0 Å². The van der Waals surface area contributed by atoms with Gasteiger partial charge in [-0.05, 0) is 51.1 Å². The highest BCUT2D eigenvalue weighted by Gasteiger charge is 2.41. The number of nitrogens with one attached hydrogen (secondary N) is 1. The molecule has 0 radical (unpaired) electrons. The number of nitrogens with zero attached hydrogens (tertiary/aromatic N) is 1. The second-order valence-corrected chi connectivity index (χ2v) is 7.97. The molecular weight excluding hydrogens is 328 g/mol. The fourth-order valence-corrected chi connectivity index (χ4v) is 4.55. The van der Waals surface area contributed by atoms with Gasteiger partial charge in [-0.2, -0.15) is 0 Å². The molecule has 1 heterocycles. The second kappa shape index (κ2) is 8.40. The Morgan fingerprint density at radius 3 is 2.77 bits per heavy atom. The third-order valence-electron chi connectivity index (χ3n) is 5.61. The van der Waals surface area contributed by atoms with Crippen LogP contribution in [0.2, 0.25) is 0 Å². The predicted molar refractivity (Wildman–Crippen MR) is 102 cm³/mol. The Kier molecular flexibility index (Phi) is 6.20. The molecule has 4 atom stereocenters. The highest BCUT2D eigenvalue weighted by molar-refractivity contribution is 5.73. The van der Waals surface area contributed by atoms with Gasteiger partial charge >= 0.3 is 0 Å². The molecule has 144 valence electrons. The summed E-state index contributed by atoms with van der Waals surface area (Å²) in [6.07, 6.45) is 5.65. The fraction of sp³-hybridized carbons (Fsp3) is 0.667. The number of carbonyl (C=O) groups excluding carboxylic acids is 1. The van der Waals surface area contributed by atoms with E-state index in [-0.39, 0.29) is 24.2 Å². The highest BCUT2D eigenvalue weighted by Crippen LogP contribution is 2.43. The van der Waals surface area contributed by atoms with E-state index < -0.39 is 0 Å². The van der Waals surface area contributed by atoms with Crippen LogP contribution in [0.15, 0.2) is 18.2 Å². The molecule has 1 saturated carbocycles. The summed E-state index contributed by atoms with van der Waals surface area (Å²) < 4.78 is 12.2. The molecule has 1 aliphatic carbocycles. The van der Waals surface area contributed by atoms with Gasteiger partial charge in [0.25, 0.3) is 0 Å². The molecule has 0 bridgehead atoms. The minimum atomic E-state index is -0.0386. The molecule has 1 N–H and O–H groups in total. The van der Waals surface area contributed by atoms with Crippen LogP contribution in [0.4, 0.5) is 0 Å². The van der Waals surface area contributed by atoms with Crippen LogP contribution < -0.4 is 10.1 Å². The van der Waals surface area contributed by atoms with Crippen LogP contribution in [0.25, 0.3) is 0 Å². The third-order valence-corrected chi connectivity index (χ3v) is 5.61. The Morgan fingerprint density at radius 1 is 1.31 bits per heavy atom. The van der Waals surface area contributed by atoms with Crippen LogP contribution in [-0.4, -0.2) is 44.2 Å². The van der Waals surface area contributed by atoms with Crippen LogP contribution in [-0.2, 0) is 16.1 Å². The number of rotatable bonds is 5. The van der Waals surface area contributed by atoms with Gasteiger partial charge in [-0.15, -0.1) is 0 Å². The van der Waals surface area contributed by atoms with E-state index in [4.69, 9.17) is 9.47 Å². The van der Waals surface area contributed by atoms with Gasteiger partial charge in [0.05, 0.1) is 19.3 Å². The Balaban J connectivity index is 1.88. The Labute approximate surface area is 157 Å². The molecule has 1 aliphatic heterocycles. The first-order valence-corrected chi connectivity index (χ1v) is 9.72. The maximum atomic E-state index is 11.7. The van der Waals surface area contributed by atoms with Crippen LogP contribution in [0.5, 0.6) is 5.75 Å². The molecule has 0 spiro atoms. The molecular formula is C21H32N2O3. The first-order chi connectivity index (χ1) is 12.5.